The van der Waals surface area contributed by atoms with Gasteiger partial charge in [0.2, 0.25) is 0 Å². The fourth-order valence-electron chi connectivity index (χ4n) is 6.41. The van der Waals surface area contributed by atoms with E-state index in [0.717, 1.165) is 109 Å². The van der Waals surface area contributed by atoms with Crippen LogP contribution in [0.3, 0.4) is 0 Å². The SMILES string of the molecule is CC/C=C\C/C=C\C/C=C\C/C=C\CCCCCCCCCOCC(COC1OC(CO)C(O)C(O)C1O)OC(=O)CCCCCC/C=C\C/C=C\C/C=C\C/C=C\CC. The third-order valence-corrected chi connectivity index (χ3v) is 10.00. The van der Waals surface area contributed by atoms with Crippen molar-refractivity contribution < 1.29 is 44.2 Å². The summed E-state index contributed by atoms with van der Waals surface area (Å²) in [5, 5.41) is 40.2. The van der Waals surface area contributed by atoms with Gasteiger partial charge in [0.15, 0.2) is 6.29 Å². The van der Waals surface area contributed by atoms with E-state index in [0.29, 0.717) is 6.61 Å². The third kappa shape index (κ3) is 31.9. The Bertz CT molecular complexity index is 1230. The number of carbonyl (C=O) groups is 1. The zero-order chi connectivity index (χ0) is 43.6. The summed E-state index contributed by atoms with van der Waals surface area (Å²) in [6.45, 7) is 4.25. The summed E-state index contributed by atoms with van der Waals surface area (Å²) >= 11 is 0. The van der Waals surface area contributed by atoms with Crippen molar-refractivity contribution in [3.63, 3.8) is 0 Å². The van der Waals surface area contributed by atoms with Crippen LogP contribution >= 0.6 is 0 Å². The molecular formula is C51H84O9. The lowest BCUT2D eigenvalue weighted by Gasteiger charge is -2.39. The number of aliphatic hydroxyl groups is 4. The van der Waals surface area contributed by atoms with E-state index >= 15 is 0 Å². The van der Waals surface area contributed by atoms with Crippen molar-refractivity contribution in [1.29, 1.82) is 0 Å². The van der Waals surface area contributed by atoms with Gasteiger partial charge in [0, 0.05) is 13.0 Å². The van der Waals surface area contributed by atoms with Crippen molar-refractivity contribution in [3.8, 4) is 0 Å². The predicted octanol–water partition coefficient (Wildman–Crippen LogP) is 10.8. The minimum absolute atomic E-state index is 0.120. The van der Waals surface area contributed by atoms with E-state index in [-0.39, 0.29) is 25.6 Å². The van der Waals surface area contributed by atoms with Crippen LogP contribution < -0.4 is 0 Å². The number of carbonyl (C=O) groups excluding carboxylic acids is 1. The van der Waals surface area contributed by atoms with E-state index in [9.17, 15) is 25.2 Å². The van der Waals surface area contributed by atoms with Crippen molar-refractivity contribution in [2.24, 2.45) is 0 Å². The molecule has 1 fully saturated rings. The number of unbranched alkanes of at least 4 members (excludes halogenated alkanes) is 11. The van der Waals surface area contributed by atoms with Crippen LogP contribution in [0.25, 0.3) is 0 Å². The monoisotopic (exact) mass is 841 g/mol. The minimum atomic E-state index is -1.55. The topological polar surface area (TPSA) is 135 Å². The smallest absolute Gasteiger partial charge is 0.306 e. The van der Waals surface area contributed by atoms with Crippen molar-refractivity contribution in [1.82, 2.24) is 0 Å². The predicted molar refractivity (Wildman–Crippen MR) is 246 cm³/mol. The van der Waals surface area contributed by atoms with Gasteiger partial charge < -0.3 is 39.4 Å². The molecule has 0 spiro atoms. The third-order valence-electron chi connectivity index (χ3n) is 10.00. The first-order valence-electron chi connectivity index (χ1n) is 23.3. The lowest BCUT2D eigenvalue weighted by molar-refractivity contribution is -0.305. The standard InChI is InChI=1S/C51H84O9/c1-3-5-7-9-11-13-15-17-19-21-22-23-25-27-29-31-33-35-37-39-41-57-43-45(44-58-51-50(56)49(55)48(54)46(42-52)60-51)59-47(53)40-38-36-34-32-30-28-26-24-20-18-16-14-12-10-8-6-4-2/h5-8,11-14,17-20,22-23,26,28,45-46,48-52,54-56H,3-4,9-10,15-16,21,24-25,27,29-44H2,1-2H3/b7-5-,8-6-,13-11-,14-12-,19-17-,20-18-,23-22-,28-26-. The number of aliphatic hydroxyl groups excluding tert-OH is 4. The maximum absolute atomic E-state index is 12.8. The maximum atomic E-state index is 12.8. The highest BCUT2D eigenvalue weighted by Gasteiger charge is 2.44. The second-order valence-electron chi connectivity index (χ2n) is 15.4. The summed E-state index contributed by atoms with van der Waals surface area (Å²) < 4.78 is 22.8. The second-order valence-corrected chi connectivity index (χ2v) is 15.4. The molecule has 4 N–H and O–H groups in total. The van der Waals surface area contributed by atoms with Crippen LogP contribution in [0.5, 0.6) is 0 Å². The number of hydrogen-bond acceptors (Lipinski definition) is 9. The van der Waals surface area contributed by atoms with Gasteiger partial charge in [0.1, 0.15) is 30.5 Å². The molecule has 1 rings (SSSR count). The zero-order valence-electron chi connectivity index (χ0n) is 37.4. The summed E-state index contributed by atoms with van der Waals surface area (Å²) in [6.07, 6.45) is 50.0. The Kier molecular flexibility index (Phi) is 38.1. The highest BCUT2D eigenvalue weighted by atomic mass is 16.7. The molecule has 1 heterocycles. The first-order chi connectivity index (χ1) is 29.4. The van der Waals surface area contributed by atoms with Crippen LogP contribution in [0.1, 0.15) is 155 Å². The number of esters is 1. The first kappa shape index (κ1) is 55.1. The molecule has 1 aliphatic rings. The van der Waals surface area contributed by atoms with Gasteiger partial charge in [-0.15, -0.1) is 0 Å². The molecular weight excluding hydrogens is 757 g/mol. The van der Waals surface area contributed by atoms with Crippen LogP contribution in [0.15, 0.2) is 97.2 Å². The van der Waals surface area contributed by atoms with Gasteiger partial charge in [-0.1, -0.05) is 156 Å². The average molecular weight is 841 g/mol. The summed E-state index contributed by atoms with van der Waals surface area (Å²) in [7, 11) is 0. The molecule has 0 saturated carbocycles. The van der Waals surface area contributed by atoms with Crippen LogP contribution in [-0.2, 0) is 23.7 Å². The molecule has 1 aliphatic heterocycles. The van der Waals surface area contributed by atoms with E-state index in [1.165, 1.54) is 25.7 Å². The highest BCUT2D eigenvalue weighted by molar-refractivity contribution is 5.69. The first-order valence-corrected chi connectivity index (χ1v) is 23.3. The maximum Gasteiger partial charge on any atom is 0.306 e. The van der Waals surface area contributed by atoms with E-state index in [4.69, 9.17) is 18.9 Å². The van der Waals surface area contributed by atoms with Gasteiger partial charge in [-0.05, 0) is 89.9 Å². The quantitative estimate of drug-likeness (QED) is 0.0272. The molecule has 0 radical (unpaired) electrons. The summed E-state index contributed by atoms with van der Waals surface area (Å²) in [4.78, 5) is 12.8. The Labute approximate surface area is 364 Å². The number of allylic oxidation sites excluding steroid dienone is 16. The minimum Gasteiger partial charge on any atom is -0.457 e. The van der Waals surface area contributed by atoms with Gasteiger partial charge in [0.05, 0.1) is 19.8 Å². The molecule has 9 heteroatoms. The molecule has 0 aromatic heterocycles. The van der Waals surface area contributed by atoms with Crippen molar-refractivity contribution >= 4 is 5.97 Å². The molecule has 1 saturated heterocycles. The van der Waals surface area contributed by atoms with E-state index < -0.39 is 43.4 Å². The van der Waals surface area contributed by atoms with Gasteiger partial charge in [-0.3, -0.25) is 4.79 Å². The summed E-state index contributed by atoms with van der Waals surface area (Å²) in [5.74, 6) is -0.345. The Morgan fingerprint density at radius 3 is 1.45 bits per heavy atom. The normalized spacial score (nSPS) is 20.9. The van der Waals surface area contributed by atoms with Gasteiger partial charge in [0.25, 0.3) is 0 Å². The molecule has 60 heavy (non-hydrogen) atoms. The molecule has 0 aromatic carbocycles. The second kappa shape index (κ2) is 41.5. The van der Waals surface area contributed by atoms with Crippen LogP contribution in [0, 0.1) is 0 Å². The summed E-state index contributed by atoms with van der Waals surface area (Å²) in [5.41, 5.74) is 0. The molecule has 0 amide bonds. The molecule has 9 nitrogen and oxygen atoms in total. The Morgan fingerprint density at radius 2 is 0.967 bits per heavy atom. The number of rotatable bonds is 38. The summed E-state index contributed by atoms with van der Waals surface area (Å²) in [6, 6.07) is 0. The zero-order valence-corrected chi connectivity index (χ0v) is 37.4. The molecule has 6 unspecified atom stereocenters. The van der Waals surface area contributed by atoms with E-state index in [1.54, 1.807) is 0 Å². The largest absolute Gasteiger partial charge is 0.457 e. The van der Waals surface area contributed by atoms with Gasteiger partial charge in [-0.2, -0.15) is 0 Å². The Morgan fingerprint density at radius 1 is 0.533 bits per heavy atom. The van der Waals surface area contributed by atoms with Gasteiger partial charge >= 0.3 is 5.97 Å². The van der Waals surface area contributed by atoms with E-state index in [1.807, 2.05) is 0 Å². The molecule has 0 bridgehead atoms. The Balaban J connectivity index is 2.29. The average Bonchev–Trinajstić information content (AvgIpc) is 3.25. The molecule has 6 atom stereocenters. The fraction of sp³-hybridized carbons (Fsp3) is 0.667. The van der Waals surface area contributed by atoms with Crippen molar-refractivity contribution in [2.75, 3.05) is 26.4 Å². The van der Waals surface area contributed by atoms with E-state index in [2.05, 4.69) is 111 Å². The van der Waals surface area contributed by atoms with Crippen LogP contribution in [0.4, 0.5) is 0 Å². The fourth-order valence-corrected chi connectivity index (χ4v) is 6.41. The highest BCUT2D eigenvalue weighted by Crippen LogP contribution is 2.22. The molecule has 0 aromatic rings. The number of ether oxygens (including phenoxy) is 4. The molecule has 342 valence electrons. The molecule has 0 aliphatic carbocycles. The van der Waals surface area contributed by atoms with Gasteiger partial charge in [-0.25, -0.2) is 0 Å². The number of hydrogen-bond donors (Lipinski definition) is 4. The van der Waals surface area contributed by atoms with Crippen LogP contribution in [-0.4, -0.2) is 89.6 Å². The van der Waals surface area contributed by atoms with Crippen molar-refractivity contribution in [2.45, 2.75) is 192 Å². The lowest BCUT2D eigenvalue weighted by Crippen LogP contribution is -2.59. The van der Waals surface area contributed by atoms with Crippen molar-refractivity contribution in [3.05, 3.63) is 97.2 Å². The van der Waals surface area contributed by atoms with Crippen LogP contribution in [0.2, 0.25) is 0 Å². The Hall–Kier alpha value is -2.89. The lowest BCUT2D eigenvalue weighted by atomic mass is 9.99.